The van der Waals surface area contributed by atoms with Gasteiger partial charge in [0.2, 0.25) is 5.91 Å². The van der Waals surface area contributed by atoms with Gasteiger partial charge in [-0.05, 0) is 17.7 Å². The number of nitrogens with zero attached hydrogens (tertiary/aromatic N) is 2. The molecule has 0 saturated carbocycles. The molecule has 0 spiro atoms. The van der Waals surface area contributed by atoms with Gasteiger partial charge < -0.3 is 14.5 Å². The summed E-state index contributed by atoms with van der Waals surface area (Å²) < 4.78 is 32.4. The molecule has 148 valence electrons. The lowest BCUT2D eigenvalue weighted by molar-refractivity contribution is -0.131. The first-order chi connectivity index (χ1) is 13.6. The smallest absolute Gasteiger partial charge is 0.412 e. The second kappa shape index (κ2) is 9.16. The van der Waals surface area contributed by atoms with Crippen molar-refractivity contribution in [2.24, 2.45) is 0 Å². The topological polar surface area (TPSA) is 61.9 Å². The molecule has 0 bridgehead atoms. The number of piperazine rings is 1. The zero-order valence-corrected chi connectivity index (χ0v) is 15.2. The number of carbonyl (C=O) groups excluding carboxylic acids is 2. The van der Waals surface area contributed by atoms with E-state index < -0.39 is 18.6 Å². The number of ether oxygens (including phenoxy) is 1. The number of alkyl halides is 1. The quantitative estimate of drug-likeness (QED) is 0.824. The highest BCUT2D eigenvalue weighted by molar-refractivity contribution is 5.87. The highest BCUT2D eigenvalue weighted by atomic mass is 19.1. The Labute approximate surface area is 161 Å². The number of nitrogens with one attached hydrogen (secondary N) is 1. The van der Waals surface area contributed by atoms with Crippen molar-refractivity contribution in [3.63, 3.8) is 0 Å². The molecular weight excluding hydrogens is 368 g/mol. The molecule has 1 fully saturated rings. The Kier molecular flexibility index (Phi) is 6.41. The highest BCUT2D eigenvalue weighted by Crippen LogP contribution is 2.27. The predicted octanol–water partition coefficient (Wildman–Crippen LogP) is 3.19. The molecule has 1 aliphatic rings. The predicted molar refractivity (Wildman–Crippen MR) is 101 cm³/mol. The molecule has 3 rings (SSSR count). The molecular formula is C20H21F2N3O3. The minimum Gasteiger partial charge on any atom is -0.444 e. The van der Waals surface area contributed by atoms with Crippen LogP contribution in [-0.4, -0.2) is 49.8 Å². The van der Waals surface area contributed by atoms with Crippen molar-refractivity contribution in [1.82, 2.24) is 4.90 Å². The van der Waals surface area contributed by atoms with E-state index in [2.05, 4.69) is 5.32 Å². The van der Waals surface area contributed by atoms with E-state index in [0.717, 1.165) is 5.56 Å². The molecule has 8 heteroatoms. The van der Waals surface area contributed by atoms with Crippen molar-refractivity contribution in [1.29, 1.82) is 0 Å². The van der Waals surface area contributed by atoms with E-state index in [1.165, 1.54) is 17.0 Å². The van der Waals surface area contributed by atoms with E-state index in [4.69, 9.17) is 4.74 Å². The average molecular weight is 389 g/mol. The maximum atomic E-state index is 14.9. The summed E-state index contributed by atoms with van der Waals surface area (Å²) in [6.45, 7) is 0.163. The molecule has 6 nitrogen and oxygen atoms in total. The Morgan fingerprint density at radius 3 is 2.61 bits per heavy atom. The standard InChI is InChI=1S/C20H21F2N3O3/c21-9-10-24-11-12-25(13-18(24)26)17-8-4-7-16(19(17)22)23-20(27)28-14-15-5-2-1-3-6-15/h1-8H,9-14H2,(H,23,27). The van der Waals surface area contributed by atoms with Crippen molar-refractivity contribution >= 4 is 23.4 Å². The van der Waals surface area contributed by atoms with Crippen LogP contribution >= 0.6 is 0 Å². The molecule has 2 aromatic carbocycles. The number of halogens is 2. The lowest BCUT2D eigenvalue weighted by Crippen LogP contribution is -2.51. The van der Waals surface area contributed by atoms with Crippen LogP contribution in [0.4, 0.5) is 25.0 Å². The summed E-state index contributed by atoms with van der Waals surface area (Å²) in [6.07, 6.45) is -0.774. The van der Waals surface area contributed by atoms with Gasteiger partial charge in [0.05, 0.1) is 17.9 Å². The summed E-state index contributed by atoms with van der Waals surface area (Å²) in [7, 11) is 0. The van der Waals surface area contributed by atoms with Crippen molar-refractivity contribution in [2.75, 3.05) is 43.1 Å². The van der Waals surface area contributed by atoms with Gasteiger partial charge >= 0.3 is 6.09 Å². The van der Waals surface area contributed by atoms with Gasteiger partial charge in [-0.25, -0.2) is 13.6 Å². The number of hydrogen-bond donors (Lipinski definition) is 1. The van der Waals surface area contributed by atoms with Crippen LogP contribution in [0.3, 0.4) is 0 Å². The lowest BCUT2D eigenvalue weighted by Gasteiger charge is -2.35. The zero-order chi connectivity index (χ0) is 19.9. The monoisotopic (exact) mass is 389 g/mol. The second-order valence-electron chi connectivity index (χ2n) is 6.32. The Morgan fingerprint density at radius 1 is 1.11 bits per heavy atom. The molecule has 0 aliphatic carbocycles. The van der Waals surface area contributed by atoms with Gasteiger partial charge in [-0.15, -0.1) is 0 Å². The Morgan fingerprint density at radius 2 is 1.89 bits per heavy atom. The molecule has 28 heavy (non-hydrogen) atoms. The van der Waals surface area contributed by atoms with Crippen molar-refractivity contribution in [2.45, 2.75) is 6.61 Å². The van der Waals surface area contributed by atoms with E-state index in [1.807, 2.05) is 30.3 Å². The number of anilines is 2. The van der Waals surface area contributed by atoms with E-state index in [1.54, 1.807) is 11.0 Å². The Balaban J connectivity index is 1.63. The summed E-state index contributed by atoms with van der Waals surface area (Å²) >= 11 is 0. The van der Waals surface area contributed by atoms with Gasteiger partial charge in [-0.3, -0.25) is 10.1 Å². The zero-order valence-electron chi connectivity index (χ0n) is 15.2. The Bertz CT molecular complexity index is 833. The van der Waals surface area contributed by atoms with Crippen LogP contribution in [0.15, 0.2) is 48.5 Å². The van der Waals surface area contributed by atoms with E-state index in [-0.39, 0.29) is 37.0 Å². The third-order valence-electron chi connectivity index (χ3n) is 4.44. The van der Waals surface area contributed by atoms with E-state index in [9.17, 15) is 18.4 Å². The van der Waals surface area contributed by atoms with Crippen LogP contribution in [0.5, 0.6) is 0 Å². The van der Waals surface area contributed by atoms with Gasteiger partial charge in [-0.1, -0.05) is 36.4 Å². The largest absolute Gasteiger partial charge is 0.444 e. The van der Waals surface area contributed by atoms with Crippen molar-refractivity contribution < 1.29 is 23.1 Å². The average Bonchev–Trinajstić information content (AvgIpc) is 2.70. The number of amides is 2. The minimum atomic E-state index is -0.774. The normalized spacial score (nSPS) is 14.1. The molecule has 0 atom stereocenters. The molecule has 1 N–H and O–H groups in total. The summed E-state index contributed by atoms with van der Waals surface area (Å²) in [5, 5.41) is 2.39. The van der Waals surface area contributed by atoms with Gasteiger partial charge in [-0.2, -0.15) is 0 Å². The highest BCUT2D eigenvalue weighted by Gasteiger charge is 2.26. The molecule has 0 aromatic heterocycles. The maximum Gasteiger partial charge on any atom is 0.412 e. The number of carbonyl (C=O) groups is 2. The van der Waals surface area contributed by atoms with Gasteiger partial charge in [0, 0.05) is 19.6 Å². The van der Waals surface area contributed by atoms with Gasteiger partial charge in [0.1, 0.15) is 13.3 Å². The summed E-state index contributed by atoms with van der Waals surface area (Å²) in [5.74, 6) is -0.908. The molecule has 2 amide bonds. The van der Waals surface area contributed by atoms with Crippen LogP contribution in [0, 0.1) is 5.82 Å². The van der Waals surface area contributed by atoms with Crippen LogP contribution < -0.4 is 10.2 Å². The Hall–Kier alpha value is -3.16. The first-order valence-corrected chi connectivity index (χ1v) is 8.93. The van der Waals surface area contributed by atoms with Crippen LogP contribution in [0.25, 0.3) is 0 Å². The maximum absolute atomic E-state index is 14.9. The van der Waals surface area contributed by atoms with Crippen LogP contribution in [0.2, 0.25) is 0 Å². The summed E-state index contributed by atoms with van der Waals surface area (Å²) in [4.78, 5) is 27.0. The van der Waals surface area contributed by atoms with Gasteiger partial charge in [0.15, 0.2) is 5.82 Å². The fourth-order valence-corrected chi connectivity index (χ4v) is 2.98. The van der Waals surface area contributed by atoms with Crippen LogP contribution in [0.1, 0.15) is 5.56 Å². The lowest BCUT2D eigenvalue weighted by atomic mass is 10.2. The first kappa shape index (κ1) is 19.6. The first-order valence-electron chi connectivity index (χ1n) is 8.93. The minimum absolute atomic E-state index is 0.0331. The fourth-order valence-electron chi connectivity index (χ4n) is 2.98. The van der Waals surface area contributed by atoms with Crippen molar-refractivity contribution in [3.05, 3.63) is 59.9 Å². The third-order valence-corrected chi connectivity index (χ3v) is 4.44. The molecule has 0 radical (unpaired) electrons. The molecule has 0 unspecified atom stereocenters. The van der Waals surface area contributed by atoms with Gasteiger partial charge in [0.25, 0.3) is 0 Å². The number of benzene rings is 2. The molecule has 1 aliphatic heterocycles. The van der Waals surface area contributed by atoms with E-state index in [0.29, 0.717) is 13.1 Å². The second-order valence-corrected chi connectivity index (χ2v) is 6.32. The SMILES string of the molecule is O=C(Nc1cccc(N2CCN(CCF)C(=O)C2)c1F)OCc1ccccc1. The summed E-state index contributed by atoms with van der Waals surface area (Å²) in [6, 6.07) is 13.7. The third kappa shape index (κ3) is 4.76. The molecule has 2 aromatic rings. The molecule has 1 heterocycles. The van der Waals surface area contributed by atoms with Crippen molar-refractivity contribution in [3.8, 4) is 0 Å². The van der Waals surface area contributed by atoms with E-state index >= 15 is 0 Å². The number of rotatable bonds is 6. The fraction of sp³-hybridized carbons (Fsp3) is 0.300. The molecule has 1 saturated heterocycles. The number of hydrogen-bond acceptors (Lipinski definition) is 4. The van der Waals surface area contributed by atoms with Crippen LogP contribution in [-0.2, 0) is 16.1 Å². The summed E-state index contributed by atoms with van der Waals surface area (Å²) in [5.41, 5.74) is 0.986.